The Hall–Kier alpha value is -1.76. The molecule has 0 fully saturated rings. The van der Waals surface area contributed by atoms with E-state index in [1.165, 1.54) is 12.1 Å². The second-order valence-electron chi connectivity index (χ2n) is 4.68. The molecular formula is C14H18F3NO3. The molecule has 0 saturated carbocycles. The summed E-state index contributed by atoms with van der Waals surface area (Å²) in [6, 6.07) is 4.64. The second kappa shape index (κ2) is 7.31. The number of halogens is 3. The van der Waals surface area contributed by atoms with Crippen LogP contribution in [0.25, 0.3) is 0 Å². The van der Waals surface area contributed by atoms with E-state index in [9.17, 15) is 23.1 Å². The van der Waals surface area contributed by atoms with Crippen LogP contribution in [-0.4, -0.2) is 34.3 Å². The van der Waals surface area contributed by atoms with Crippen LogP contribution in [0.4, 0.5) is 18.0 Å². The highest BCUT2D eigenvalue weighted by molar-refractivity contribution is 5.65. The van der Waals surface area contributed by atoms with Gasteiger partial charge in [0.2, 0.25) is 0 Å². The summed E-state index contributed by atoms with van der Waals surface area (Å²) in [6.45, 7) is 1.66. The maximum absolute atomic E-state index is 12.9. The van der Waals surface area contributed by atoms with Gasteiger partial charge in [0.15, 0.2) is 0 Å². The molecule has 7 heteroatoms. The summed E-state index contributed by atoms with van der Waals surface area (Å²) in [4.78, 5) is 12.0. The van der Waals surface area contributed by atoms with Crippen LogP contribution in [0.5, 0.6) is 0 Å². The van der Waals surface area contributed by atoms with E-state index in [0.29, 0.717) is 6.42 Å². The predicted molar refractivity (Wildman–Crippen MR) is 70.9 cm³/mol. The maximum atomic E-state index is 12.9. The molecule has 1 aromatic carbocycles. The highest BCUT2D eigenvalue weighted by atomic mass is 19.4. The smallest absolute Gasteiger partial charge is 0.416 e. The monoisotopic (exact) mass is 305 g/mol. The molecule has 1 aromatic rings. The van der Waals surface area contributed by atoms with E-state index in [0.717, 1.165) is 23.5 Å². The first-order valence-electron chi connectivity index (χ1n) is 6.59. The molecular weight excluding hydrogens is 287 g/mol. The number of carboxylic acid groups (broad SMARTS) is 1. The van der Waals surface area contributed by atoms with Crippen LogP contribution < -0.4 is 0 Å². The van der Waals surface area contributed by atoms with Gasteiger partial charge in [-0.15, -0.1) is 0 Å². The van der Waals surface area contributed by atoms with Gasteiger partial charge in [-0.3, -0.25) is 0 Å². The van der Waals surface area contributed by atoms with E-state index in [1.54, 1.807) is 0 Å². The molecule has 0 aromatic heterocycles. The first kappa shape index (κ1) is 17.3. The maximum Gasteiger partial charge on any atom is 0.416 e. The molecule has 0 radical (unpaired) electrons. The van der Waals surface area contributed by atoms with Crippen molar-refractivity contribution in [2.24, 2.45) is 0 Å². The second-order valence-corrected chi connectivity index (χ2v) is 4.68. The van der Waals surface area contributed by atoms with Gasteiger partial charge < -0.3 is 15.1 Å². The summed E-state index contributed by atoms with van der Waals surface area (Å²) in [5, 5.41) is 19.0. The molecule has 0 aliphatic heterocycles. The number of nitrogens with zero attached hydrogens (tertiary/aromatic N) is 1. The molecule has 21 heavy (non-hydrogen) atoms. The van der Waals surface area contributed by atoms with Gasteiger partial charge in [0.25, 0.3) is 0 Å². The standard InChI is InChI=1S/C14H18F3NO3/c1-2-3-8-18(13(20)21)9-12(19)10-6-4-5-7-11(10)14(15,16)17/h4-7,12,19H,2-3,8-9H2,1H3,(H,20,21). The average Bonchev–Trinajstić information content (AvgIpc) is 2.42. The minimum atomic E-state index is -4.59. The van der Waals surface area contributed by atoms with Crippen molar-refractivity contribution in [3.63, 3.8) is 0 Å². The van der Waals surface area contributed by atoms with E-state index in [-0.39, 0.29) is 18.7 Å². The summed E-state index contributed by atoms with van der Waals surface area (Å²) in [7, 11) is 0. The molecule has 0 saturated heterocycles. The van der Waals surface area contributed by atoms with E-state index >= 15 is 0 Å². The van der Waals surface area contributed by atoms with Gasteiger partial charge in [-0.05, 0) is 18.1 Å². The Morgan fingerprint density at radius 2 is 1.95 bits per heavy atom. The number of hydrogen-bond acceptors (Lipinski definition) is 2. The molecule has 0 aliphatic carbocycles. The molecule has 4 nitrogen and oxygen atoms in total. The first-order valence-corrected chi connectivity index (χ1v) is 6.59. The number of alkyl halides is 3. The average molecular weight is 305 g/mol. The van der Waals surface area contributed by atoms with Gasteiger partial charge in [0.05, 0.1) is 18.2 Å². The van der Waals surface area contributed by atoms with Crippen LogP contribution in [0, 0.1) is 0 Å². The zero-order valence-electron chi connectivity index (χ0n) is 11.6. The quantitative estimate of drug-likeness (QED) is 0.845. The highest BCUT2D eigenvalue weighted by Gasteiger charge is 2.35. The molecule has 1 rings (SSSR count). The lowest BCUT2D eigenvalue weighted by molar-refractivity contribution is -0.139. The van der Waals surface area contributed by atoms with Crippen molar-refractivity contribution < 1.29 is 28.2 Å². The topological polar surface area (TPSA) is 60.8 Å². The number of aliphatic hydroxyl groups excluding tert-OH is 1. The number of benzene rings is 1. The molecule has 2 N–H and O–H groups in total. The summed E-state index contributed by atoms with van der Waals surface area (Å²) < 4.78 is 38.6. The molecule has 0 spiro atoms. The minimum Gasteiger partial charge on any atom is -0.465 e. The van der Waals surface area contributed by atoms with Crippen LogP contribution in [-0.2, 0) is 6.18 Å². The molecule has 0 heterocycles. The van der Waals surface area contributed by atoms with E-state index in [1.807, 2.05) is 6.92 Å². The Balaban J connectivity index is 2.92. The lowest BCUT2D eigenvalue weighted by Crippen LogP contribution is -2.34. The Morgan fingerprint density at radius 1 is 1.33 bits per heavy atom. The van der Waals surface area contributed by atoms with Crippen LogP contribution >= 0.6 is 0 Å². The number of carbonyl (C=O) groups is 1. The fourth-order valence-electron chi connectivity index (χ4n) is 1.97. The number of amides is 1. The van der Waals surface area contributed by atoms with Crippen molar-refractivity contribution in [3.05, 3.63) is 35.4 Å². The fourth-order valence-corrected chi connectivity index (χ4v) is 1.97. The van der Waals surface area contributed by atoms with Crippen LogP contribution in [0.3, 0.4) is 0 Å². The molecule has 118 valence electrons. The third-order valence-corrected chi connectivity index (χ3v) is 3.07. The van der Waals surface area contributed by atoms with Crippen LogP contribution in [0.1, 0.15) is 37.0 Å². The lowest BCUT2D eigenvalue weighted by Gasteiger charge is -2.24. The highest BCUT2D eigenvalue weighted by Crippen LogP contribution is 2.34. The fraction of sp³-hybridized carbons (Fsp3) is 0.500. The summed E-state index contributed by atoms with van der Waals surface area (Å²) >= 11 is 0. The molecule has 1 atom stereocenters. The van der Waals surface area contributed by atoms with E-state index in [2.05, 4.69) is 0 Å². The first-order chi connectivity index (χ1) is 9.77. The van der Waals surface area contributed by atoms with Gasteiger partial charge in [-0.2, -0.15) is 13.2 Å². The minimum absolute atomic E-state index is 0.178. The number of hydrogen-bond donors (Lipinski definition) is 2. The SMILES string of the molecule is CCCCN(CC(O)c1ccccc1C(F)(F)F)C(=O)O. The van der Waals surface area contributed by atoms with Crippen LogP contribution in [0.15, 0.2) is 24.3 Å². The lowest BCUT2D eigenvalue weighted by atomic mass is 10.0. The predicted octanol–water partition coefficient (Wildman–Crippen LogP) is 3.52. The van der Waals surface area contributed by atoms with E-state index < -0.39 is 23.9 Å². The van der Waals surface area contributed by atoms with Gasteiger partial charge in [-0.25, -0.2) is 4.79 Å². The van der Waals surface area contributed by atoms with Crippen molar-refractivity contribution in [2.75, 3.05) is 13.1 Å². The number of unbranched alkanes of at least 4 members (excludes halogenated alkanes) is 1. The normalized spacial score (nSPS) is 13.0. The van der Waals surface area contributed by atoms with Gasteiger partial charge in [0.1, 0.15) is 0 Å². The van der Waals surface area contributed by atoms with E-state index in [4.69, 9.17) is 5.11 Å². The summed E-state index contributed by atoms with van der Waals surface area (Å²) in [5.41, 5.74) is -1.26. The Kier molecular flexibility index (Phi) is 6.02. The van der Waals surface area contributed by atoms with Crippen molar-refractivity contribution in [2.45, 2.75) is 32.0 Å². The zero-order valence-corrected chi connectivity index (χ0v) is 11.6. The van der Waals surface area contributed by atoms with Gasteiger partial charge >= 0.3 is 12.3 Å². The summed E-state index contributed by atoms with van der Waals surface area (Å²) in [6.07, 6.45) is -6.03. The zero-order chi connectivity index (χ0) is 16.0. The summed E-state index contributed by atoms with van der Waals surface area (Å²) in [5.74, 6) is 0. The van der Waals surface area contributed by atoms with Gasteiger partial charge in [0, 0.05) is 6.54 Å². The van der Waals surface area contributed by atoms with Crippen molar-refractivity contribution in [1.29, 1.82) is 0 Å². The molecule has 1 amide bonds. The third kappa shape index (κ3) is 4.93. The number of aliphatic hydroxyl groups is 1. The van der Waals surface area contributed by atoms with Crippen molar-refractivity contribution in [3.8, 4) is 0 Å². The van der Waals surface area contributed by atoms with Gasteiger partial charge in [-0.1, -0.05) is 31.5 Å². The van der Waals surface area contributed by atoms with Crippen LogP contribution in [0.2, 0.25) is 0 Å². The molecule has 0 aliphatic rings. The Morgan fingerprint density at radius 3 is 2.48 bits per heavy atom. The molecule has 1 unspecified atom stereocenters. The van der Waals surface area contributed by atoms with Crippen molar-refractivity contribution in [1.82, 2.24) is 4.90 Å². The van der Waals surface area contributed by atoms with Crippen molar-refractivity contribution >= 4 is 6.09 Å². The largest absolute Gasteiger partial charge is 0.465 e. The third-order valence-electron chi connectivity index (χ3n) is 3.07. The Labute approximate surface area is 120 Å². The number of rotatable bonds is 6. The molecule has 0 bridgehead atoms. The Bertz CT molecular complexity index is 477.